The number of hydrogen-bond donors (Lipinski definition) is 4. The zero-order valence-electron chi connectivity index (χ0n) is 44.6. The van der Waals surface area contributed by atoms with Crippen molar-refractivity contribution in [3.63, 3.8) is 0 Å². The molecule has 4 rings (SSSR count). The van der Waals surface area contributed by atoms with Crippen LogP contribution in [0, 0.1) is 10.8 Å². The van der Waals surface area contributed by atoms with E-state index >= 15 is 0 Å². The van der Waals surface area contributed by atoms with Crippen molar-refractivity contribution in [2.24, 2.45) is 10.8 Å². The summed E-state index contributed by atoms with van der Waals surface area (Å²) >= 11 is 0. The monoisotopic (exact) mass is 971 g/mol. The Balaban J connectivity index is 1.31. The van der Waals surface area contributed by atoms with E-state index in [0.29, 0.717) is 52.1 Å². The Bertz CT molecular complexity index is 1810. The van der Waals surface area contributed by atoms with E-state index in [-0.39, 0.29) is 47.5 Å². The molecule has 2 saturated heterocycles. The topological polar surface area (TPSA) is 163 Å². The average Bonchev–Trinajstić information content (AvgIpc) is 4.01. The summed E-state index contributed by atoms with van der Waals surface area (Å²) in [6.07, 6.45) is 10.9. The Kier molecular flexibility index (Phi) is 23.3. The summed E-state index contributed by atoms with van der Waals surface area (Å²) in [5, 5.41) is 12.0. The van der Waals surface area contributed by atoms with Crippen LogP contribution in [0.3, 0.4) is 0 Å². The summed E-state index contributed by atoms with van der Waals surface area (Å²) in [5.41, 5.74) is 1.32. The predicted molar refractivity (Wildman–Crippen MR) is 280 cm³/mol. The number of hydrogen-bond acceptors (Lipinski definition) is 8. The van der Waals surface area contributed by atoms with Crippen LogP contribution in [0.2, 0.25) is 0 Å². The van der Waals surface area contributed by atoms with Crippen LogP contribution in [0.15, 0.2) is 60.7 Å². The highest BCUT2D eigenvalue weighted by molar-refractivity contribution is 5.91. The zero-order valence-corrected chi connectivity index (χ0v) is 44.6. The third-order valence-corrected chi connectivity index (χ3v) is 14.4. The summed E-state index contributed by atoms with van der Waals surface area (Å²) in [6.45, 7) is 18.7. The molecule has 0 bridgehead atoms. The fourth-order valence-electron chi connectivity index (χ4n) is 9.59. The lowest BCUT2D eigenvalue weighted by Gasteiger charge is -2.37. The molecule has 390 valence electrons. The molecule has 0 spiro atoms. The number of amides is 6. The van der Waals surface area contributed by atoms with Crippen LogP contribution in [0.25, 0.3) is 0 Å². The van der Waals surface area contributed by atoms with Crippen molar-refractivity contribution >= 4 is 35.4 Å². The highest BCUT2D eigenvalue weighted by Gasteiger charge is 2.42. The lowest BCUT2D eigenvalue weighted by molar-refractivity contribution is -0.142. The minimum absolute atomic E-state index is 0.0936. The molecule has 2 heterocycles. The summed E-state index contributed by atoms with van der Waals surface area (Å²) in [6, 6.07) is 17.9. The molecule has 14 nitrogen and oxygen atoms in total. The van der Waals surface area contributed by atoms with Gasteiger partial charge in [0.05, 0.1) is 12.1 Å². The number of likely N-dealkylation sites (N-methyl/N-ethyl adjacent to an activating group) is 2. The molecule has 6 amide bonds. The Hall–Kier alpha value is -4.82. The van der Waals surface area contributed by atoms with Crippen molar-refractivity contribution in [3.8, 4) is 0 Å². The molecule has 2 aromatic carbocycles. The fourth-order valence-corrected chi connectivity index (χ4v) is 9.59. The van der Waals surface area contributed by atoms with Gasteiger partial charge in [0, 0.05) is 64.2 Å². The van der Waals surface area contributed by atoms with Gasteiger partial charge in [-0.1, -0.05) is 128 Å². The molecular weight excluding hydrogens is 881 g/mol. The van der Waals surface area contributed by atoms with E-state index in [4.69, 9.17) is 0 Å². The molecule has 0 unspecified atom stereocenters. The molecule has 6 atom stereocenters. The van der Waals surface area contributed by atoms with Crippen LogP contribution in [-0.4, -0.2) is 145 Å². The molecule has 2 aliphatic heterocycles. The van der Waals surface area contributed by atoms with Crippen LogP contribution in [0.1, 0.15) is 144 Å². The molecule has 14 heteroatoms. The molecule has 0 aromatic heterocycles. The number of nitrogens with zero attached hydrogens (tertiary/aromatic N) is 4. The van der Waals surface area contributed by atoms with Crippen molar-refractivity contribution in [3.05, 3.63) is 71.8 Å². The summed E-state index contributed by atoms with van der Waals surface area (Å²) in [4.78, 5) is 90.0. The van der Waals surface area contributed by atoms with Crippen LogP contribution >= 0.6 is 0 Å². The van der Waals surface area contributed by atoms with Gasteiger partial charge in [-0.05, 0) is 101 Å². The standard InChI is InChI=1S/C56H90N8O6/c1-41(57-9)51(67)59-49(55(3,4)5)53(69)63-35-23-29-45(63)39-61(37-33-43-25-17-15-18-26-43)47(65)31-21-13-11-12-14-22-32-48(66)62(38-34-44-27-19-16-20-28-44)40-46-30-24-36-64(46)54(70)50(56(6,7)8)60-52(68)42(2)58-10/h15-20,25-28,41-42,45-46,49-50,57-58H,11-14,21-24,29-40H2,1-10H3,(H,59,67)(H,60,68)/t41-,42-,45-,46+,49+,50+/m0/s1. The van der Waals surface area contributed by atoms with Crippen LogP contribution in [-0.2, 0) is 41.6 Å². The van der Waals surface area contributed by atoms with Crippen molar-refractivity contribution < 1.29 is 28.8 Å². The number of rotatable bonds is 27. The third kappa shape index (κ3) is 18.1. The molecule has 0 radical (unpaired) electrons. The number of unbranched alkanes of at least 4 members (excludes halogenated alkanes) is 5. The smallest absolute Gasteiger partial charge is 0.246 e. The highest BCUT2D eigenvalue weighted by Crippen LogP contribution is 2.29. The van der Waals surface area contributed by atoms with E-state index < -0.39 is 35.0 Å². The van der Waals surface area contributed by atoms with E-state index in [9.17, 15) is 28.8 Å². The first-order valence-corrected chi connectivity index (χ1v) is 26.4. The second kappa shape index (κ2) is 28.3. The lowest BCUT2D eigenvalue weighted by Crippen LogP contribution is -2.59. The zero-order chi connectivity index (χ0) is 51.4. The summed E-state index contributed by atoms with van der Waals surface area (Å²) in [5.74, 6) is -0.414. The van der Waals surface area contributed by atoms with E-state index in [1.165, 1.54) is 0 Å². The van der Waals surface area contributed by atoms with Crippen LogP contribution in [0.4, 0.5) is 0 Å². The number of nitrogens with one attached hydrogen (secondary N) is 4. The van der Waals surface area contributed by atoms with Gasteiger partial charge in [-0.15, -0.1) is 0 Å². The van der Waals surface area contributed by atoms with Gasteiger partial charge >= 0.3 is 0 Å². The molecule has 70 heavy (non-hydrogen) atoms. The number of carbonyl (C=O) groups excluding carboxylic acids is 6. The maximum Gasteiger partial charge on any atom is 0.246 e. The van der Waals surface area contributed by atoms with Gasteiger partial charge in [0.2, 0.25) is 35.4 Å². The van der Waals surface area contributed by atoms with Gasteiger partial charge in [0.25, 0.3) is 0 Å². The summed E-state index contributed by atoms with van der Waals surface area (Å²) in [7, 11) is 3.45. The Morgan fingerprint density at radius 1 is 0.557 bits per heavy atom. The Labute approximate surface area is 421 Å². The quantitative estimate of drug-likeness (QED) is 0.0737. The number of carbonyl (C=O) groups is 6. The molecule has 2 aromatic rings. The van der Waals surface area contributed by atoms with Crippen LogP contribution in [0.5, 0.6) is 0 Å². The van der Waals surface area contributed by atoms with Gasteiger partial charge in [-0.2, -0.15) is 0 Å². The van der Waals surface area contributed by atoms with Crippen molar-refractivity contribution in [1.29, 1.82) is 0 Å². The minimum atomic E-state index is -0.691. The first-order valence-electron chi connectivity index (χ1n) is 26.4. The second-order valence-electron chi connectivity index (χ2n) is 22.1. The number of likely N-dealkylation sites (tertiary alicyclic amines) is 2. The minimum Gasteiger partial charge on any atom is -0.342 e. The molecule has 2 fully saturated rings. The molecule has 2 aliphatic rings. The van der Waals surface area contributed by atoms with E-state index in [2.05, 4.69) is 45.5 Å². The van der Waals surface area contributed by atoms with Gasteiger partial charge in [0.15, 0.2) is 0 Å². The van der Waals surface area contributed by atoms with Crippen LogP contribution < -0.4 is 21.3 Å². The van der Waals surface area contributed by atoms with Crippen molar-refractivity contribution in [2.45, 2.75) is 182 Å². The molecule has 4 N–H and O–H groups in total. The molecule has 0 saturated carbocycles. The largest absolute Gasteiger partial charge is 0.342 e. The predicted octanol–water partition coefficient (Wildman–Crippen LogP) is 6.51. The maximum absolute atomic E-state index is 14.2. The van der Waals surface area contributed by atoms with Gasteiger partial charge in [0.1, 0.15) is 12.1 Å². The van der Waals surface area contributed by atoms with Crippen molar-refractivity contribution in [2.75, 3.05) is 53.4 Å². The van der Waals surface area contributed by atoms with E-state index in [1.807, 2.05) is 97.5 Å². The molecule has 0 aliphatic carbocycles. The third-order valence-electron chi connectivity index (χ3n) is 14.4. The fraction of sp³-hybridized carbons (Fsp3) is 0.679. The van der Waals surface area contributed by atoms with Crippen molar-refractivity contribution in [1.82, 2.24) is 40.9 Å². The highest BCUT2D eigenvalue weighted by atomic mass is 16.2. The van der Waals surface area contributed by atoms with Gasteiger partial charge in [-0.25, -0.2) is 0 Å². The van der Waals surface area contributed by atoms with E-state index in [1.54, 1.807) is 27.9 Å². The Morgan fingerprint density at radius 2 is 0.900 bits per heavy atom. The maximum atomic E-state index is 14.2. The average molecular weight is 971 g/mol. The second-order valence-corrected chi connectivity index (χ2v) is 22.1. The number of benzene rings is 2. The first kappa shape index (κ1) is 57.8. The Morgan fingerprint density at radius 3 is 1.23 bits per heavy atom. The lowest BCUT2D eigenvalue weighted by atomic mass is 9.85. The first-order chi connectivity index (χ1) is 33.2. The molecular formula is C56H90N8O6. The van der Waals surface area contributed by atoms with Gasteiger partial charge < -0.3 is 40.9 Å². The normalized spacial score (nSPS) is 17.9. The summed E-state index contributed by atoms with van der Waals surface area (Å²) < 4.78 is 0. The SMILES string of the molecule is CN[C@@H](C)C(=O)N[C@H](C(=O)N1CCC[C@@H]1CN(CCc1ccccc1)C(=O)CCCCCCCCC(=O)N(CCc1ccccc1)C[C@@H]1CCCN1C(=O)[C@@H](NC(=O)[C@H](C)NC)C(C)(C)C)C(C)(C)C. The van der Waals surface area contributed by atoms with E-state index in [0.717, 1.165) is 88.2 Å². The van der Waals surface area contributed by atoms with Gasteiger partial charge in [-0.3, -0.25) is 28.8 Å².